The fraction of sp³-hybridized carbons (Fsp3) is 0.471. The molecule has 0 spiro atoms. The SMILES string of the molecule is COC(=O)C(C)(C)CCCOc1cc(C(=O)O)c(OC)cc1C#N. The largest absolute Gasteiger partial charge is 0.496 e. The number of nitriles is 1. The third-order valence-electron chi connectivity index (χ3n) is 3.59. The number of hydrogen-bond donors (Lipinski definition) is 1. The van der Waals surface area contributed by atoms with Gasteiger partial charge in [0.25, 0.3) is 0 Å². The van der Waals surface area contributed by atoms with Crippen LogP contribution in [0, 0.1) is 16.7 Å². The molecule has 0 saturated heterocycles. The van der Waals surface area contributed by atoms with Crippen LogP contribution in [0.1, 0.15) is 42.6 Å². The molecular weight excluding hydrogens is 314 g/mol. The molecule has 1 aromatic carbocycles. The minimum atomic E-state index is -1.17. The van der Waals surface area contributed by atoms with Crippen molar-refractivity contribution in [2.24, 2.45) is 5.41 Å². The van der Waals surface area contributed by atoms with E-state index < -0.39 is 11.4 Å². The average Bonchev–Trinajstić information content (AvgIpc) is 2.56. The number of carboxylic acid groups (broad SMARTS) is 1. The first-order valence-corrected chi connectivity index (χ1v) is 7.33. The Labute approximate surface area is 140 Å². The van der Waals surface area contributed by atoms with Crippen molar-refractivity contribution in [2.75, 3.05) is 20.8 Å². The van der Waals surface area contributed by atoms with E-state index in [1.54, 1.807) is 13.8 Å². The number of carbonyl (C=O) groups excluding carboxylic acids is 1. The predicted octanol–water partition coefficient (Wildman–Crippen LogP) is 2.62. The van der Waals surface area contributed by atoms with Crippen molar-refractivity contribution < 1.29 is 28.9 Å². The number of aromatic carboxylic acids is 1. The minimum absolute atomic E-state index is 0.0820. The molecule has 0 unspecified atom stereocenters. The van der Waals surface area contributed by atoms with Crippen molar-refractivity contribution in [3.63, 3.8) is 0 Å². The third kappa shape index (κ3) is 4.62. The van der Waals surface area contributed by atoms with E-state index >= 15 is 0 Å². The van der Waals surface area contributed by atoms with Crippen molar-refractivity contribution in [1.82, 2.24) is 0 Å². The maximum atomic E-state index is 11.6. The fourth-order valence-corrected chi connectivity index (χ4v) is 2.18. The summed E-state index contributed by atoms with van der Waals surface area (Å²) in [6.45, 7) is 3.78. The first-order chi connectivity index (χ1) is 11.3. The number of rotatable bonds is 8. The molecule has 7 heteroatoms. The van der Waals surface area contributed by atoms with Crippen LogP contribution in [0.4, 0.5) is 0 Å². The molecular formula is C17H21NO6. The lowest BCUT2D eigenvalue weighted by Gasteiger charge is -2.21. The molecule has 1 rings (SSSR count). The van der Waals surface area contributed by atoms with E-state index in [1.165, 1.54) is 26.4 Å². The van der Waals surface area contributed by atoms with Gasteiger partial charge in [0, 0.05) is 6.07 Å². The van der Waals surface area contributed by atoms with Crippen LogP contribution in [0.2, 0.25) is 0 Å². The maximum absolute atomic E-state index is 11.6. The Bertz CT molecular complexity index is 660. The van der Waals surface area contributed by atoms with Crippen molar-refractivity contribution in [3.8, 4) is 17.6 Å². The number of hydrogen-bond acceptors (Lipinski definition) is 6. The second-order valence-electron chi connectivity index (χ2n) is 5.79. The van der Waals surface area contributed by atoms with Crippen LogP contribution < -0.4 is 9.47 Å². The topological polar surface area (TPSA) is 106 Å². The monoisotopic (exact) mass is 335 g/mol. The first kappa shape index (κ1) is 19.3. The van der Waals surface area contributed by atoms with Gasteiger partial charge in [0.1, 0.15) is 23.1 Å². The van der Waals surface area contributed by atoms with E-state index in [-0.39, 0.29) is 35.2 Å². The van der Waals surface area contributed by atoms with Crippen LogP contribution in [0.5, 0.6) is 11.5 Å². The molecule has 1 N–H and O–H groups in total. The van der Waals surface area contributed by atoms with Gasteiger partial charge in [-0.05, 0) is 32.8 Å². The standard InChI is InChI=1S/C17H21NO6/c1-17(2,16(21)23-4)6-5-7-24-13-9-12(15(19)20)14(22-3)8-11(13)10-18/h8-9H,5-7H2,1-4H3,(H,19,20). The Morgan fingerprint density at radius 2 is 1.92 bits per heavy atom. The first-order valence-electron chi connectivity index (χ1n) is 7.33. The zero-order chi connectivity index (χ0) is 18.3. The van der Waals surface area contributed by atoms with Crippen LogP contribution in [0.3, 0.4) is 0 Å². The number of esters is 1. The summed E-state index contributed by atoms with van der Waals surface area (Å²) in [5, 5.41) is 18.3. The lowest BCUT2D eigenvalue weighted by atomic mass is 9.88. The number of nitrogens with zero attached hydrogens (tertiary/aromatic N) is 1. The molecule has 0 saturated carbocycles. The molecule has 0 aromatic heterocycles. The lowest BCUT2D eigenvalue weighted by molar-refractivity contribution is -0.151. The molecule has 130 valence electrons. The molecule has 24 heavy (non-hydrogen) atoms. The van der Waals surface area contributed by atoms with Gasteiger partial charge in [0.15, 0.2) is 0 Å². The molecule has 7 nitrogen and oxygen atoms in total. The molecule has 0 atom stereocenters. The second-order valence-corrected chi connectivity index (χ2v) is 5.79. The van der Waals surface area contributed by atoms with Gasteiger partial charge in [-0.25, -0.2) is 4.79 Å². The zero-order valence-corrected chi connectivity index (χ0v) is 14.2. The highest BCUT2D eigenvalue weighted by molar-refractivity contribution is 5.92. The fourth-order valence-electron chi connectivity index (χ4n) is 2.18. The van der Waals surface area contributed by atoms with Crippen LogP contribution >= 0.6 is 0 Å². The van der Waals surface area contributed by atoms with Gasteiger partial charge in [0.2, 0.25) is 0 Å². The van der Waals surface area contributed by atoms with Crippen molar-refractivity contribution >= 4 is 11.9 Å². The average molecular weight is 335 g/mol. The van der Waals surface area contributed by atoms with Gasteiger partial charge in [-0.3, -0.25) is 4.79 Å². The van der Waals surface area contributed by atoms with E-state index in [0.29, 0.717) is 12.8 Å². The Hall–Kier alpha value is -2.75. The summed E-state index contributed by atoms with van der Waals surface area (Å²) in [5.41, 5.74) is -0.534. The van der Waals surface area contributed by atoms with Gasteiger partial charge in [-0.1, -0.05) is 0 Å². The van der Waals surface area contributed by atoms with E-state index in [2.05, 4.69) is 0 Å². The Balaban J connectivity index is 2.81. The van der Waals surface area contributed by atoms with Gasteiger partial charge in [-0.2, -0.15) is 5.26 Å². The quantitative estimate of drug-likeness (QED) is 0.575. The Kier molecular flexibility index (Phi) is 6.59. The minimum Gasteiger partial charge on any atom is -0.496 e. The zero-order valence-electron chi connectivity index (χ0n) is 14.2. The van der Waals surface area contributed by atoms with Gasteiger partial charge in [-0.15, -0.1) is 0 Å². The molecule has 0 radical (unpaired) electrons. The second kappa shape index (κ2) is 8.20. The Morgan fingerprint density at radius 3 is 2.42 bits per heavy atom. The van der Waals surface area contributed by atoms with Crippen molar-refractivity contribution in [2.45, 2.75) is 26.7 Å². The molecule has 0 bridgehead atoms. The summed E-state index contributed by atoms with van der Waals surface area (Å²) < 4.78 is 15.2. The van der Waals surface area contributed by atoms with Gasteiger partial charge < -0.3 is 19.3 Å². The van der Waals surface area contributed by atoms with E-state index in [0.717, 1.165) is 0 Å². The number of ether oxygens (including phenoxy) is 3. The maximum Gasteiger partial charge on any atom is 0.339 e. The highest BCUT2D eigenvalue weighted by Crippen LogP contribution is 2.29. The van der Waals surface area contributed by atoms with Crippen molar-refractivity contribution in [3.05, 3.63) is 23.3 Å². The molecule has 0 aliphatic carbocycles. The van der Waals surface area contributed by atoms with E-state index in [1.807, 2.05) is 6.07 Å². The summed E-state index contributed by atoms with van der Waals surface area (Å²) in [7, 11) is 2.67. The molecule has 0 heterocycles. The summed E-state index contributed by atoms with van der Waals surface area (Å²) >= 11 is 0. The number of carboxylic acids is 1. The van der Waals surface area contributed by atoms with E-state index in [9.17, 15) is 14.7 Å². The molecule has 1 aromatic rings. The van der Waals surface area contributed by atoms with Gasteiger partial charge in [0.05, 0.1) is 31.8 Å². The smallest absolute Gasteiger partial charge is 0.339 e. The highest BCUT2D eigenvalue weighted by atomic mass is 16.5. The van der Waals surface area contributed by atoms with Gasteiger partial charge >= 0.3 is 11.9 Å². The third-order valence-corrected chi connectivity index (χ3v) is 3.59. The van der Waals surface area contributed by atoms with Crippen LogP contribution in [0.15, 0.2) is 12.1 Å². The summed E-state index contributed by atoms with van der Waals surface area (Å²) in [4.78, 5) is 22.8. The number of carbonyl (C=O) groups is 2. The summed E-state index contributed by atoms with van der Waals surface area (Å²) in [6, 6.07) is 4.55. The summed E-state index contributed by atoms with van der Waals surface area (Å²) in [5.74, 6) is -1.21. The molecule has 0 fully saturated rings. The van der Waals surface area contributed by atoms with Crippen molar-refractivity contribution in [1.29, 1.82) is 5.26 Å². The molecule has 0 amide bonds. The molecule has 0 aliphatic rings. The lowest BCUT2D eigenvalue weighted by Crippen LogP contribution is -2.26. The normalized spacial score (nSPS) is 10.6. The van der Waals surface area contributed by atoms with E-state index in [4.69, 9.17) is 19.5 Å². The van der Waals surface area contributed by atoms with Crippen LogP contribution in [-0.2, 0) is 9.53 Å². The van der Waals surface area contributed by atoms with Crippen LogP contribution in [-0.4, -0.2) is 37.9 Å². The summed E-state index contributed by atoms with van der Waals surface area (Å²) in [6.07, 6.45) is 1.07. The number of benzene rings is 1. The number of methoxy groups -OCH3 is 2. The Morgan fingerprint density at radius 1 is 1.25 bits per heavy atom. The van der Waals surface area contributed by atoms with Crippen LogP contribution in [0.25, 0.3) is 0 Å². The molecule has 0 aliphatic heterocycles. The predicted molar refractivity (Wildman–Crippen MR) is 85.2 cm³/mol. The highest BCUT2D eigenvalue weighted by Gasteiger charge is 2.28.